The molecule has 1 unspecified atom stereocenters. The fourth-order valence-electron chi connectivity index (χ4n) is 3.83. The molecule has 0 radical (unpaired) electrons. The molecular weight excluding hydrogens is 543 g/mol. The van der Waals surface area contributed by atoms with Crippen LogP contribution in [0.1, 0.15) is 23.6 Å². The van der Waals surface area contributed by atoms with Gasteiger partial charge in [0.15, 0.2) is 11.8 Å². The fraction of sp³-hybridized carbons (Fsp3) is 0.417. The van der Waals surface area contributed by atoms with Gasteiger partial charge in [0.25, 0.3) is 0 Å². The lowest BCUT2D eigenvalue weighted by atomic mass is 10.1. The van der Waals surface area contributed by atoms with Crippen LogP contribution in [0.2, 0.25) is 0 Å². The van der Waals surface area contributed by atoms with E-state index >= 15 is 0 Å². The summed E-state index contributed by atoms with van der Waals surface area (Å²) in [5, 5.41) is 15.5. The normalized spacial score (nSPS) is 15.7. The zero-order valence-electron chi connectivity index (χ0n) is 19.9. The average molecular weight is 576 g/mol. The molecule has 182 valence electrons. The van der Waals surface area contributed by atoms with E-state index in [4.69, 9.17) is 9.73 Å². The molecule has 2 N–H and O–H groups in total. The molecule has 3 heterocycles. The van der Waals surface area contributed by atoms with Gasteiger partial charge in [0.1, 0.15) is 23.9 Å². The Hall–Kier alpha value is -2.89. The van der Waals surface area contributed by atoms with Crippen LogP contribution in [-0.4, -0.2) is 58.5 Å². The lowest BCUT2D eigenvalue weighted by Gasteiger charge is -2.20. The Morgan fingerprint density at radius 3 is 2.68 bits per heavy atom. The summed E-state index contributed by atoms with van der Waals surface area (Å²) in [5.74, 6) is 4.39. The summed E-state index contributed by atoms with van der Waals surface area (Å²) in [5.41, 5.74) is 1.24. The average Bonchev–Trinajstić information content (AvgIpc) is 3.45. The van der Waals surface area contributed by atoms with Gasteiger partial charge in [0.2, 0.25) is 0 Å². The standard InChI is InChI=1S/C24H32N8O.HI/c1-18-29-30-23(31(18)2)16-27-24(26-14-11-19-7-9-21(33-3)10-8-19)28-20-12-15-32(17-20)22-6-4-5-13-25-22;/h4-10,13,20H,11-12,14-17H2,1-3H3,(H2,26,27,28);1H. The van der Waals surface area contributed by atoms with Crippen molar-refractivity contribution in [3.8, 4) is 5.75 Å². The smallest absolute Gasteiger partial charge is 0.192 e. The molecule has 0 saturated carbocycles. The van der Waals surface area contributed by atoms with Gasteiger partial charge in [-0.3, -0.25) is 0 Å². The van der Waals surface area contributed by atoms with E-state index in [0.29, 0.717) is 12.6 Å². The van der Waals surface area contributed by atoms with Gasteiger partial charge in [0, 0.05) is 38.9 Å². The number of rotatable bonds is 8. The molecular formula is C24H33IN8O. The van der Waals surface area contributed by atoms with E-state index in [1.54, 1.807) is 7.11 Å². The molecule has 1 fully saturated rings. The molecule has 2 aromatic heterocycles. The van der Waals surface area contributed by atoms with Gasteiger partial charge in [-0.15, -0.1) is 34.2 Å². The van der Waals surface area contributed by atoms with Gasteiger partial charge in [0.05, 0.1) is 7.11 Å². The summed E-state index contributed by atoms with van der Waals surface area (Å²) < 4.78 is 7.22. The molecule has 34 heavy (non-hydrogen) atoms. The topological polar surface area (TPSA) is 92.5 Å². The molecule has 1 aliphatic heterocycles. The third kappa shape index (κ3) is 6.81. The van der Waals surface area contributed by atoms with Gasteiger partial charge in [-0.05, 0) is 49.6 Å². The highest BCUT2D eigenvalue weighted by Gasteiger charge is 2.24. The Balaban J connectivity index is 0.00000324. The first-order valence-electron chi connectivity index (χ1n) is 11.3. The number of ether oxygens (including phenoxy) is 1. The number of halogens is 1. The van der Waals surface area contributed by atoms with E-state index in [1.165, 1.54) is 5.56 Å². The molecule has 10 heteroatoms. The van der Waals surface area contributed by atoms with Crippen LogP contribution < -0.4 is 20.3 Å². The lowest BCUT2D eigenvalue weighted by molar-refractivity contribution is 0.414. The first kappa shape index (κ1) is 25.7. The third-order valence-corrected chi connectivity index (χ3v) is 5.93. The molecule has 3 aromatic rings. The second-order valence-electron chi connectivity index (χ2n) is 8.18. The molecule has 9 nitrogen and oxygen atoms in total. The van der Waals surface area contributed by atoms with Gasteiger partial charge in [-0.1, -0.05) is 18.2 Å². The summed E-state index contributed by atoms with van der Waals surface area (Å²) in [4.78, 5) is 11.6. The van der Waals surface area contributed by atoms with Crippen molar-refractivity contribution < 1.29 is 4.74 Å². The van der Waals surface area contributed by atoms with Crippen molar-refractivity contribution in [2.75, 3.05) is 31.6 Å². The number of guanidine groups is 1. The fourth-order valence-corrected chi connectivity index (χ4v) is 3.83. The van der Waals surface area contributed by atoms with Crippen LogP contribution >= 0.6 is 24.0 Å². The van der Waals surface area contributed by atoms with Crippen molar-refractivity contribution in [2.45, 2.75) is 32.4 Å². The Bertz CT molecular complexity index is 1050. The van der Waals surface area contributed by atoms with Crippen LogP contribution in [0.25, 0.3) is 0 Å². The van der Waals surface area contributed by atoms with Crippen molar-refractivity contribution >= 4 is 35.8 Å². The number of anilines is 1. The Kier molecular flexibility index (Phi) is 9.49. The number of pyridine rings is 1. The highest BCUT2D eigenvalue weighted by atomic mass is 127. The molecule has 0 aliphatic carbocycles. The molecule has 0 spiro atoms. The number of hydrogen-bond donors (Lipinski definition) is 2. The molecule has 4 rings (SSSR count). The van der Waals surface area contributed by atoms with Crippen LogP contribution in [0.15, 0.2) is 53.7 Å². The first-order valence-corrected chi connectivity index (χ1v) is 11.3. The van der Waals surface area contributed by atoms with Gasteiger partial charge in [-0.25, -0.2) is 9.98 Å². The second-order valence-corrected chi connectivity index (χ2v) is 8.18. The van der Waals surface area contributed by atoms with E-state index in [2.05, 4.69) is 48.9 Å². The Morgan fingerprint density at radius 2 is 2.00 bits per heavy atom. The van der Waals surface area contributed by atoms with Crippen molar-refractivity contribution in [3.63, 3.8) is 0 Å². The molecule has 0 bridgehead atoms. The van der Waals surface area contributed by atoms with Gasteiger partial charge in [-0.2, -0.15) is 0 Å². The number of benzene rings is 1. The van der Waals surface area contributed by atoms with Crippen molar-refractivity contribution in [1.82, 2.24) is 30.4 Å². The number of aromatic nitrogens is 4. The van der Waals surface area contributed by atoms with Crippen LogP contribution in [0.4, 0.5) is 5.82 Å². The predicted octanol–water partition coefficient (Wildman–Crippen LogP) is 2.70. The SMILES string of the molecule is COc1ccc(CCNC(=NCc2nnc(C)n2C)NC2CCN(c3ccccn3)C2)cc1.I. The summed E-state index contributed by atoms with van der Waals surface area (Å²) in [7, 11) is 3.65. The zero-order chi connectivity index (χ0) is 23.0. The van der Waals surface area contributed by atoms with Gasteiger partial charge >= 0.3 is 0 Å². The molecule has 1 aliphatic rings. The second kappa shape index (κ2) is 12.5. The molecule has 1 saturated heterocycles. The largest absolute Gasteiger partial charge is 0.497 e. The Morgan fingerprint density at radius 1 is 1.18 bits per heavy atom. The quantitative estimate of drug-likeness (QED) is 0.242. The number of aryl methyl sites for hydroxylation is 1. The zero-order valence-corrected chi connectivity index (χ0v) is 22.3. The highest BCUT2D eigenvalue weighted by molar-refractivity contribution is 14.0. The van der Waals surface area contributed by atoms with E-state index < -0.39 is 0 Å². The van der Waals surface area contributed by atoms with Crippen molar-refractivity contribution in [2.24, 2.45) is 12.0 Å². The number of hydrogen-bond acceptors (Lipinski definition) is 6. The Labute approximate surface area is 218 Å². The summed E-state index contributed by atoms with van der Waals surface area (Å²) in [6, 6.07) is 14.5. The maximum atomic E-state index is 5.25. The van der Waals surface area contributed by atoms with Crippen molar-refractivity contribution in [1.29, 1.82) is 0 Å². The lowest BCUT2D eigenvalue weighted by Crippen LogP contribution is -2.45. The monoisotopic (exact) mass is 576 g/mol. The molecule has 1 aromatic carbocycles. The van der Waals surface area contributed by atoms with Crippen LogP contribution in [0.5, 0.6) is 5.75 Å². The summed E-state index contributed by atoms with van der Waals surface area (Å²) in [6.07, 6.45) is 3.75. The minimum atomic E-state index is 0. The van der Waals surface area contributed by atoms with Crippen LogP contribution in [0, 0.1) is 6.92 Å². The third-order valence-electron chi connectivity index (χ3n) is 5.93. The van der Waals surface area contributed by atoms with Crippen LogP contribution in [0.3, 0.4) is 0 Å². The summed E-state index contributed by atoms with van der Waals surface area (Å²) >= 11 is 0. The maximum absolute atomic E-state index is 5.25. The molecule has 0 amide bonds. The van der Waals surface area contributed by atoms with Crippen LogP contribution in [-0.2, 0) is 20.0 Å². The first-order chi connectivity index (χ1) is 16.1. The number of methoxy groups -OCH3 is 1. The van der Waals surface area contributed by atoms with E-state index in [-0.39, 0.29) is 24.0 Å². The van der Waals surface area contributed by atoms with E-state index in [0.717, 1.165) is 61.7 Å². The summed E-state index contributed by atoms with van der Waals surface area (Å²) in [6.45, 7) is 5.03. The number of aliphatic imine (C=N–C) groups is 1. The predicted molar refractivity (Wildman–Crippen MR) is 145 cm³/mol. The number of nitrogens with zero attached hydrogens (tertiary/aromatic N) is 6. The minimum Gasteiger partial charge on any atom is -0.497 e. The minimum absolute atomic E-state index is 0. The van der Waals surface area contributed by atoms with E-state index in [9.17, 15) is 0 Å². The van der Waals surface area contributed by atoms with Crippen molar-refractivity contribution in [3.05, 3.63) is 65.9 Å². The van der Waals surface area contributed by atoms with E-state index in [1.807, 2.05) is 49.0 Å². The maximum Gasteiger partial charge on any atom is 0.192 e. The highest BCUT2D eigenvalue weighted by Crippen LogP contribution is 2.17. The molecule has 1 atom stereocenters. The van der Waals surface area contributed by atoms with Gasteiger partial charge < -0.3 is 24.8 Å². The number of nitrogens with one attached hydrogen (secondary N) is 2.